The van der Waals surface area contributed by atoms with E-state index in [0.29, 0.717) is 18.2 Å². The van der Waals surface area contributed by atoms with Crippen molar-refractivity contribution in [3.63, 3.8) is 0 Å². The van der Waals surface area contributed by atoms with Gasteiger partial charge in [0.2, 0.25) is 0 Å². The van der Waals surface area contributed by atoms with Crippen molar-refractivity contribution >= 4 is 22.4 Å². The molecule has 6 nitrogen and oxygen atoms in total. The maximum absolute atomic E-state index is 12.9. The molecule has 0 saturated carbocycles. The van der Waals surface area contributed by atoms with Crippen molar-refractivity contribution in [2.24, 2.45) is 0 Å². The highest BCUT2D eigenvalue weighted by Crippen LogP contribution is 2.22. The summed E-state index contributed by atoms with van der Waals surface area (Å²) in [5, 5.41) is 3.17. The number of carbonyl (C=O) groups is 1. The summed E-state index contributed by atoms with van der Waals surface area (Å²) in [5.41, 5.74) is 2.39. The first kappa shape index (κ1) is 20.8. The van der Waals surface area contributed by atoms with Crippen molar-refractivity contribution in [3.8, 4) is 0 Å². The summed E-state index contributed by atoms with van der Waals surface area (Å²) >= 11 is 0. The summed E-state index contributed by atoms with van der Waals surface area (Å²) in [6.07, 6.45) is 7.25. The van der Waals surface area contributed by atoms with Crippen molar-refractivity contribution in [2.45, 2.75) is 49.4 Å². The lowest BCUT2D eigenvalue weighted by atomic mass is 10.1. The van der Waals surface area contributed by atoms with E-state index in [9.17, 15) is 9.00 Å². The van der Waals surface area contributed by atoms with Crippen LogP contribution in [0.1, 0.15) is 42.6 Å². The van der Waals surface area contributed by atoms with Crippen LogP contribution in [0.4, 0.5) is 0 Å². The minimum atomic E-state index is -0.981. The van der Waals surface area contributed by atoms with Gasteiger partial charge in [0.25, 0.3) is 5.91 Å². The molecule has 1 fully saturated rings. The molecule has 1 aromatic carbocycles. The smallest absolute Gasteiger partial charge is 0.253 e. The van der Waals surface area contributed by atoms with Gasteiger partial charge >= 0.3 is 0 Å². The Morgan fingerprint density at radius 3 is 2.60 bits per heavy atom. The highest BCUT2D eigenvalue weighted by molar-refractivity contribution is 7.85. The normalized spacial score (nSPS) is 16.8. The van der Waals surface area contributed by atoms with E-state index >= 15 is 0 Å². The second-order valence-corrected chi connectivity index (χ2v) is 9.80. The van der Waals surface area contributed by atoms with Crippen LogP contribution < -0.4 is 5.32 Å². The van der Waals surface area contributed by atoms with Crippen LogP contribution in [0.5, 0.6) is 0 Å². The molecule has 158 valence electrons. The minimum Gasteiger partial charge on any atom is -0.348 e. The van der Waals surface area contributed by atoms with Crippen molar-refractivity contribution in [1.29, 1.82) is 0 Å². The number of nitrogens with zero attached hydrogens (tertiary/aromatic N) is 3. The molecule has 0 spiro atoms. The monoisotopic (exact) mass is 424 g/mol. The lowest BCUT2D eigenvalue weighted by molar-refractivity contribution is 0.0950. The van der Waals surface area contributed by atoms with Gasteiger partial charge < -0.3 is 14.6 Å². The number of rotatable bonds is 6. The number of amides is 1. The molecule has 1 aliphatic heterocycles. The Labute approximate surface area is 179 Å². The van der Waals surface area contributed by atoms with Crippen LogP contribution in [-0.2, 0) is 17.3 Å². The molecule has 1 aliphatic rings. The first-order chi connectivity index (χ1) is 14.5. The Morgan fingerprint density at radius 1 is 1.17 bits per heavy atom. The van der Waals surface area contributed by atoms with E-state index in [1.807, 2.05) is 40.9 Å². The average Bonchev–Trinajstić information content (AvgIpc) is 3.25. The Bertz CT molecular complexity index is 1040. The fourth-order valence-electron chi connectivity index (χ4n) is 3.88. The molecule has 1 N–H and O–H groups in total. The van der Waals surface area contributed by atoms with Crippen molar-refractivity contribution < 1.29 is 9.00 Å². The molecule has 0 radical (unpaired) electrons. The van der Waals surface area contributed by atoms with Crippen LogP contribution >= 0.6 is 0 Å². The zero-order chi connectivity index (χ0) is 21.1. The first-order valence-electron chi connectivity index (χ1n) is 10.5. The Balaban J connectivity index is 1.32. The number of likely N-dealkylation sites (tertiary alicyclic amines) is 1. The van der Waals surface area contributed by atoms with Gasteiger partial charge in [-0.05, 0) is 69.6 Å². The molecule has 30 heavy (non-hydrogen) atoms. The molecule has 0 aliphatic carbocycles. The number of pyridine rings is 1. The molecule has 4 rings (SSSR count). The first-order valence-corrected chi connectivity index (χ1v) is 11.7. The molecular formula is C23H28N4O2S. The van der Waals surface area contributed by atoms with E-state index in [4.69, 9.17) is 0 Å². The van der Waals surface area contributed by atoms with Gasteiger partial charge in [0.15, 0.2) is 0 Å². The molecule has 2 aromatic heterocycles. The summed E-state index contributed by atoms with van der Waals surface area (Å²) in [6.45, 7) is 6.89. The van der Waals surface area contributed by atoms with Crippen LogP contribution in [-0.4, -0.2) is 48.8 Å². The second-order valence-electron chi connectivity index (χ2n) is 8.06. The van der Waals surface area contributed by atoms with Gasteiger partial charge in [-0.25, -0.2) is 4.98 Å². The predicted octanol–water partition coefficient (Wildman–Crippen LogP) is 3.24. The number of aromatic nitrogens is 2. The van der Waals surface area contributed by atoms with Crippen LogP contribution in [0.3, 0.4) is 0 Å². The van der Waals surface area contributed by atoms with Crippen molar-refractivity contribution in [1.82, 2.24) is 19.6 Å². The number of benzene rings is 1. The van der Waals surface area contributed by atoms with Crippen molar-refractivity contribution in [2.75, 3.05) is 13.1 Å². The summed E-state index contributed by atoms with van der Waals surface area (Å²) in [7, 11) is -0.981. The number of hydrogen-bond acceptors (Lipinski definition) is 4. The van der Waals surface area contributed by atoms with E-state index in [1.54, 1.807) is 18.5 Å². The van der Waals surface area contributed by atoms with Gasteiger partial charge in [0.05, 0.1) is 16.4 Å². The quantitative estimate of drug-likeness (QED) is 0.660. The van der Waals surface area contributed by atoms with E-state index in [2.05, 4.69) is 29.0 Å². The largest absolute Gasteiger partial charge is 0.348 e. The molecule has 1 unspecified atom stereocenters. The zero-order valence-electron chi connectivity index (χ0n) is 17.5. The third-order valence-electron chi connectivity index (χ3n) is 5.77. The predicted molar refractivity (Wildman–Crippen MR) is 119 cm³/mol. The molecule has 0 bridgehead atoms. The van der Waals surface area contributed by atoms with Gasteiger partial charge in [0, 0.05) is 41.3 Å². The summed E-state index contributed by atoms with van der Waals surface area (Å²) in [6, 6.07) is 11.9. The van der Waals surface area contributed by atoms with Gasteiger partial charge in [-0.15, -0.1) is 0 Å². The van der Waals surface area contributed by atoms with E-state index in [0.717, 1.165) is 42.0 Å². The van der Waals surface area contributed by atoms with Gasteiger partial charge in [-0.2, -0.15) is 0 Å². The Kier molecular flexibility index (Phi) is 6.29. The minimum absolute atomic E-state index is 0.129. The molecule has 3 aromatic rings. The zero-order valence-corrected chi connectivity index (χ0v) is 18.3. The SMILES string of the molecule is CC(C)N1CCC(S(=O)c2ccc(CNC(=O)c3ccc4nccn4c3)cc2)CC1. The molecular weight excluding hydrogens is 396 g/mol. The molecule has 1 atom stereocenters. The Morgan fingerprint density at radius 2 is 1.90 bits per heavy atom. The maximum atomic E-state index is 12.9. The van der Waals surface area contributed by atoms with Crippen molar-refractivity contribution in [3.05, 3.63) is 66.1 Å². The number of nitrogens with one attached hydrogen (secondary N) is 1. The molecule has 7 heteroatoms. The topological polar surface area (TPSA) is 66.7 Å². The van der Waals surface area contributed by atoms with E-state index in [-0.39, 0.29) is 11.2 Å². The lowest BCUT2D eigenvalue weighted by Gasteiger charge is -2.34. The van der Waals surface area contributed by atoms with Gasteiger partial charge in [0.1, 0.15) is 5.65 Å². The second kappa shape index (κ2) is 9.10. The number of fused-ring (bicyclic) bond motifs is 1. The molecule has 3 heterocycles. The highest BCUT2D eigenvalue weighted by atomic mass is 32.2. The summed E-state index contributed by atoms with van der Waals surface area (Å²) in [5.74, 6) is -0.129. The maximum Gasteiger partial charge on any atom is 0.253 e. The van der Waals surface area contributed by atoms with E-state index in [1.165, 1.54) is 0 Å². The number of imidazole rings is 1. The highest BCUT2D eigenvalue weighted by Gasteiger charge is 2.25. The lowest BCUT2D eigenvalue weighted by Crippen LogP contribution is -2.41. The summed E-state index contributed by atoms with van der Waals surface area (Å²) in [4.78, 5) is 19.9. The van der Waals surface area contributed by atoms with Gasteiger partial charge in [-0.1, -0.05) is 12.1 Å². The third kappa shape index (κ3) is 4.63. The number of piperidine rings is 1. The third-order valence-corrected chi connectivity index (χ3v) is 7.58. The Hall–Kier alpha value is -2.51. The molecule has 1 amide bonds. The van der Waals surface area contributed by atoms with Crippen LogP contribution in [0.2, 0.25) is 0 Å². The number of hydrogen-bond donors (Lipinski definition) is 1. The van der Waals surface area contributed by atoms with Crippen LogP contribution in [0.15, 0.2) is 59.9 Å². The van der Waals surface area contributed by atoms with Crippen LogP contribution in [0.25, 0.3) is 5.65 Å². The van der Waals surface area contributed by atoms with Gasteiger partial charge in [-0.3, -0.25) is 9.00 Å². The fraction of sp³-hybridized carbons (Fsp3) is 0.391. The molecule has 1 saturated heterocycles. The van der Waals surface area contributed by atoms with E-state index < -0.39 is 10.8 Å². The summed E-state index contributed by atoms with van der Waals surface area (Å²) < 4.78 is 14.8. The fourth-order valence-corrected chi connectivity index (χ4v) is 5.31. The number of carbonyl (C=O) groups excluding carboxylic acids is 1. The standard InChI is InChI=1S/C23H28N4O2S/c1-17(2)26-12-9-21(10-13-26)30(29)20-6-3-18(4-7-20)15-25-23(28)19-5-8-22-24-11-14-27(22)16-19/h3-8,11,14,16-17,21H,9-10,12-13,15H2,1-2H3,(H,25,28). The average molecular weight is 425 g/mol. The van der Waals surface area contributed by atoms with Crippen LogP contribution in [0, 0.1) is 0 Å².